The molecule has 3 rings (SSSR count). The number of hydrogen-bond acceptors (Lipinski definition) is 1. The molecule has 0 fully saturated rings. The van der Waals surface area contributed by atoms with E-state index in [1.807, 2.05) is 0 Å². The first-order valence-electron chi connectivity index (χ1n) is 9.98. The van der Waals surface area contributed by atoms with E-state index >= 15 is 0 Å². The van der Waals surface area contributed by atoms with Crippen LogP contribution in [0.1, 0.15) is 33.3 Å². The molecule has 1 heteroatoms. The second-order valence-electron chi connectivity index (χ2n) is 7.65. The third kappa shape index (κ3) is 3.78. The van der Waals surface area contributed by atoms with Gasteiger partial charge < -0.3 is 4.90 Å². The predicted octanol–water partition coefficient (Wildman–Crippen LogP) is 7.10. The largest absolute Gasteiger partial charge is 0.334 e. The van der Waals surface area contributed by atoms with Crippen LogP contribution in [-0.4, -0.2) is 5.54 Å². The highest BCUT2D eigenvalue weighted by atomic mass is 15.2. The Bertz CT molecular complexity index is 830. The average molecular weight is 358 g/mol. The minimum absolute atomic E-state index is 0.0908. The molecule has 0 N–H and O–H groups in total. The molecule has 2 aromatic carbocycles. The fraction of sp³-hybridized carbons (Fsp3) is 0.308. The van der Waals surface area contributed by atoms with E-state index in [2.05, 4.69) is 124 Å². The van der Waals surface area contributed by atoms with Crippen LogP contribution in [0.15, 0.2) is 91.1 Å². The Morgan fingerprint density at radius 2 is 1.74 bits per heavy atom. The van der Waals surface area contributed by atoms with Crippen molar-refractivity contribution in [3.05, 3.63) is 96.6 Å². The molecule has 27 heavy (non-hydrogen) atoms. The zero-order valence-corrected chi connectivity index (χ0v) is 17.0. The summed E-state index contributed by atoms with van der Waals surface area (Å²) in [5.41, 5.74) is 3.85. The van der Waals surface area contributed by atoms with E-state index in [1.54, 1.807) is 0 Å². The number of benzene rings is 2. The number of fused-ring (bicyclic) bond motifs is 1. The third-order valence-corrected chi connectivity index (χ3v) is 6.04. The van der Waals surface area contributed by atoms with E-state index in [-0.39, 0.29) is 5.54 Å². The Morgan fingerprint density at radius 3 is 2.48 bits per heavy atom. The Morgan fingerprint density at radius 1 is 1.04 bits per heavy atom. The average Bonchev–Trinajstić information content (AvgIpc) is 2.69. The first-order chi connectivity index (χ1) is 13.1. The fourth-order valence-corrected chi connectivity index (χ4v) is 4.11. The molecule has 0 radical (unpaired) electrons. The minimum Gasteiger partial charge on any atom is -0.334 e. The van der Waals surface area contributed by atoms with Gasteiger partial charge in [-0.25, -0.2) is 0 Å². The van der Waals surface area contributed by atoms with Gasteiger partial charge in [0.15, 0.2) is 0 Å². The molecule has 0 aliphatic carbocycles. The highest BCUT2D eigenvalue weighted by Gasteiger charge is 2.42. The molecule has 2 aromatic rings. The molecular formula is C26H31N. The van der Waals surface area contributed by atoms with Crippen LogP contribution in [0, 0.1) is 11.8 Å². The zero-order valence-electron chi connectivity index (χ0n) is 17.0. The molecule has 3 unspecified atom stereocenters. The van der Waals surface area contributed by atoms with Crippen molar-refractivity contribution in [2.75, 3.05) is 4.90 Å². The highest BCUT2D eigenvalue weighted by Crippen LogP contribution is 2.45. The summed E-state index contributed by atoms with van der Waals surface area (Å²) in [4.78, 5) is 2.57. The topological polar surface area (TPSA) is 3.24 Å². The fourth-order valence-electron chi connectivity index (χ4n) is 4.11. The molecule has 0 saturated heterocycles. The maximum atomic E-state index is 2.57. The lowest BCUT2D eigenvalue weighted by atomic mass is 9.73. The molecule has 3 atom stereocenters. The quantitative estimate of drug-likeness (QED) is 0.416. The summed E-state index contributed by atoms with van der Waals surface area (Å²) in [7, 11) is 0. The van der Waals surface area contributed by atoms with Crippen molar-refractivity contribution < 1.29 is 0 Å². The summed E-state index contributed by atoms with van der Waals surface area (Å²) in [6.45, 7) is 9.15. The van der Waals surface area contributed by atoms with Crippen LogP contribution in [0.25, 0.3) is 0 Å². The third-order valence-electron chi connectivity index (χ3n) is 6.04. The molecule has 140 valence electrons. The first kappa shape index (κ1) is 19.2. The normalized spacial score (nSPS) is 25.2. The van der Waals surface area contributed by atoms with E-state index < -0.39 is 0 Å². The molecule has 0 amide bonds. The van der Waals surface area contributed by atoms with Gasteiger partial charge in [0, 0.05) is 11.4 Å². The summed E-state index contributed by atoms with van der Waals surface area (Å²) < 4.78 is 0. The maximum Gasteiger partial charge on any atom is 0.0543 e. The number of anilines is 2. The molecule has 1 aliphatic heterocycles. The summed E-state index contributed by atoms with van der Waals surface area (Å²) >= 11 is 0. The second-order valence-corrected chi connectivity index (χ2v) is 7.65. The van der Waals surface area contributed by atoms with Gasteiger partial charge in [0.2, 0.25) is 0 Å². The summed E-state index contributed by atoms with van der Waals surface area (Å²) in [6, 6.07) is 19.7. The predicted molar refractivity (Wildman–Crippen MR) is 119 cm³/mol. The van der Waals surface area contributed by atoms with E-state index in [9.17, 15) is 0 Å². The van der Waals surface area contributed by atoms with Crippen molar-refractivity contribution in [3.8, 4) is 0 Å². The van der Waals surface area contributed by atoms with E-state index in [0.29, 0.717) is 11.8 Å². The van der Waals surface area contributed by atoms with Gasteiger partial charge >= 0.3 is 0 Å². The number of nitrogens with zero attached hydrogens (tertiary/aromatic N) is 1. The van der Waals surface area contributed by atoms with Crippen LogP contribution in [0.3, 0.4) is 0 Å². The van der Waals surface area contributed by atoms with E-state index in [0.717, 1.165) is 6.42 Å². The van der Waals surface area contributed by atoms with Crippen LogP contribution in [0.4, 0.5) is 11.4 Å². The lowest BCUT2D eigenvalue weighted by Gasteiger charge is -2.50. The first-order valence-corrected chi connectivity index (χ1v) is 9.98. The Labute approximate surface area is 164 Å². The molecule has 1 aliphatic rings. The summed E-state index contributed by atoms with van der Waals surface area (Å²) in [5, 5.41) is 0. The second kappa shape index (κ2) is 8.43. The molecule has 0 aromatic heterocycles. The molecular weight excluding hydrogens is 326 g/mol. The molecule has 0 saturated carbocycles. The number of allylic oxidation sites excluding steroid dienone is 4. The van der Waals surface area contributed by atoms with Gasteiger partial charge in [-0.15, -0.1) is 0 Å². The van der Waals surface area contributed by atoms with Crippen LogP contribution < -0.4 is 4.90 Å². The van der Waals surface area contributed by atoms with Crippen LogP contribution in [0.5, 0.6) is 0 Å². The summed E-state index contributed by atoms with van der Waals surface area (Å²) in [6.07, 6.45) is 14.4. The van der Waals surface area contributed by atoms with Crippen LogP contribution >= 0.6 is 0 Å². The number of rotatable bonds is 4. The van der Waals surface area contributed by atoms with Crippen molar-refractivity contribution in [1.82, 2.24) is 0 Å². The highest BCUT2D eigenvalue weighted by molar-refractivity contribution is 5.70. The SMILES string of the molecule is C/C=C\C=C/C(C)C1(C)C(C)/C=C/Cc2ccccc2N1c1ccccc1. The Kier molecular flexibility index (Phi) is 6.01. The monoisotopic (exact) mass is 357 g/mol. The lowest BCUT2D eigenvalue weighted by Crippen LogP contribution is -2.53. The number of para-hydroxylation sites is 2. The van der Waals surface area contributed by atoms with Crippen molar-refractivity contribution in [2.45, 2.75) is 39.7 Å². The van der Waals surface area contributed by atoms with Crippen molar-refractivity contribution in [3.63, 3.8) is 0 Å². The maximum absolute atomic E-state index is 2.57. The van der Waals surface area contributed by atoms with Crippen LogP contribution in [0.2, 0.25) is 0 Å². The van der Waals surface area contributed by atoms with Crippen molar-refractivity contribution in [1.29, 1.82) is 0 Å². The van der Waals surface area contributed by atoms with E-state index in [1.165, 1.54) is 16.9 Å². The smallest absolute Gasteiger partial charge is 0.0543 e. The van der Waals surface area contributed by atoms with Gasteiger partial charge in [-0.05, 0) is 55.9 Å². The lowest BCUT2D eigenvalue weighted by molar-refractivity contribution is 0.291. The molecule has 1 nitrogen and oxygen atoms in total. The molecule has 1 heterocycles. The molecule has 0 bridgehead atoms. The number of hydrogen-bond donors (Lipinski definition) is 0. The Balaban J connectivity index is 2.22. The molecule has 0 spiro atoms. The van der Waals surface area contributed by atoms with E-state index in [4.69, 9.17) is 0 Å². The van der Waals surface area contributed by atoms with Crippen molar-refractivity contribution in [2.24, 2.45) is 11.8 Å². The van der Waals surface area contributed by atoms with Gasteiger partial charge in [-0.3, -0.25) is 0 Å². The Hall–Kier alpha value is -2.54. The van der Waals surface area contributed by atoms with Gasteiger partial charge in [-0.2, -0.15) is 0 Å². The standard InChI is InChI=1S/C26H31N/c1-5-6-8-14-21(2)26(4)22(3)15-13-17-23-16-11-12-20-25(23)27(26)24-18-9-7-10-19-24/h5-16,18-22H,17H2,1-4H3/b6-5-,14-8-,15-13+. The minimum atomic E-state index is -0.0908. The van der Waals surface area contributed by atoms with Gasteiger partial charge in [0.1, 0.15) is 0 Å². The van der Waals surface area contributed by atoms with Gasteiger partial charge in [0.25, 0.3) is 0 Å². The van der Waals surface area contributed by atoms with Gasteiger partial charge in [0.05, 0.1) is 5.54 Å². The van der Waals surface area contributed by atoms with Crippen molar-refractivity contribution >= 4 is 11.4 Å². The van der Waals surface area contributed by atoms with Gasteiger partial charge in [-0.1, -0.05) is 86.7 Å². The zero-order chi connectivity index (χ0) is 19.3. The van der Waals surface area contributed by atoms with Crippen LogP contribution in [-0.2, 0) is 6.42 Å². The summed E-state index contributed by atoms with van der Waals surface area (Å²) in [5.74, 6) is 0.760.